The molecule has 1 aromatic rings. The molecule has 1 aliphatic rings. The van der Waals surface area contributed by atoms with Crippen LogP contribution in [0, 0.1) is 0 Å². The lowest BCUT2D eigenvalue weighted by Crippen LogP contribution is -2.45. The van der Waals surface area contributed by atoms with Crippen LogP contribution >= 0.6 is 0 Å². The van der Waals surface area contributed by atoms with E-state index >= 15 is 0 Å². The van der Waals surface area contributed by atoms with E-state index in [4.69, 9.17) is 9.47 Å². The molecule has 0 spiro atoms. The maximum atomic E-state index is 10.3. The lowest BCUT2D eigenvalue weighted by molar-refractivity contribution is -0.0262. The summed E-state index contributed by atoms with van der Waals surface area (Å²) in [6.45, 7) is 6.51. The highest BCUT2D eigenvalue weighted by molar-refractivity contribution is 5.27. The van der Waals surface area contributed by atoms with Gasteiger partial charge in [-0.3, -0.25) is 0 Å². The zero-order chi connectivity index (χ0) is 13.7. The summed E-state index contributed by atoms with van der Waals surface area (Å²) in [5, 5.41) is 13.6. The summed E-state index contributed by atoms with van der Waals surface area (Å²) in [5.41, 5.74) is 0.448. The molecule has 2 N–H and O–H groups in total. The van der Waals surface area contributed by atoms with Gasteiger partial charge in [0.15, 0.2) is 0 Å². The number of rotatable bonds is 6. The average molecular weight is 265 g/mol. The molecule has 0 aliphatic carbocycles. The zero-order valence-electron chi connectivity index (χ0n) is 11.7. The number of nitrogens with one attached hydrogen (secondary N) is 1. The van der Waals surface area contributed by atoms with Gasteiger partial charge < -0.3 is 19.9 Å². The average Bonchev–Trinajstić information content (AvgIpc) is 2.72. The summed E-state index contributed by atoms with van der Waals surface area (Å²) in [6, 6.07) is 8.01. The van der Waals surface area contributed by atoms with Crippen molar-refractivity contribution in [3.63, 3.8) is 0 Å². The molecule has 0 aromatic heterocycles. The molecule has 19 heavy (non-hydrogen) atoms. The number of benzene rings is 1. The second kappa shape index (κ2) is 6.37. The van der Waals surface area contributed by atoms with E-state index in [2.05, 4.69) is 5.32 Å². The standard InChI is InChI=1S/C15H23NO3/c1-3-18-14-6-4-13(5-7-14)10-16-11-15(17)8-9-19-12(15)2/h4-7,12,16-17H,3,8-11H2,1-2H3. The van der Waals surface area contributed by atoms with E-state index in [1.807, 2.05) is 38.1 Å². The Hall–Kier alpha value is -1.10. The van der Waals surface area contributed by atoms with Crippen LogP contribution in [0.3, 0.4) is 0 Å². The van der Waals surface area contributed by atoms with Crippen molar-refractivity contribution in [3.8, 4) is 5.75 Å². The van der Waals surface area contributed by atoms with Gasteiger partial charge in [-0.1, -0.05) is 12.1 Å². The molecule has 1 heterocycles. The maximum absolute atomic E-state index is 10.3. The Bertz CT molecular complexity index is 393. The Morgan fingerprint density at radius 3 is 2.74 bits per heavy atom. The number of aliphatic hydroxyl groups is 1. The van der Waals surface area contributed by atoms with Crippen LogP contribution in [0.1, 0.15) is 25.8 Å². The van der Waals surface area contributed by atoms with Gasteiger partial charge >= 0.3 is 0 Å². The first-order valence-electron chi connectivity index (χ1n) is 6.90. The SMILES string of the molecule is CCOc1ccc(CNCC2(O)CCOC2C)cc1. The number of ether oxygens (including phenoxy) is 2. The third-order valence-corrected chi connectivity index (χ3v) is 3.65. The highest BCUT2D eigenvalue weighted by Crippen LogP contribution is 2.24. The van der Waals surface area contributed by atoms with Crippen LogP contribution in [0.5, 0.6) is 5.75 Å². The van der Waals surface area contributed by atoms with Crippen LogP contribution in [-0.2, 0) is 11.3 Å². The summed E-state index contributed by atoms with van der Waals surface area (Å²) in [7, 11) is 0. The van der Waals surface area contributed by atoms with Gasteiger partial charge in [0.25, 0.3) is 0 Å². The summed E-state index contributed by atoms with van der Waals surface area (Å²) < 4.78 is 10.8. The minimum absolute atomic E-state index is 0.0969. The molecule has 1 saturated heterocycles. The van der Waals surface area contributed by atoms with Crippen LogP contribution < -0.4 is 10.1 Å². The van der Waals surface area contributed by atoms with E-state index < -0.39 is 5.60 Å². The fourth-order valence-electron chi connectivity index (χ4n) is 2.30. The minimum atomic E-state index is -0.731. The molecule has 4 nitrogen and oxygen atoms in total. The van der Waals surface area contributed by atoms with Gasteiger partial charge in [0.05, 0.1) is 12.7 Å². The summed E-state index contributed by atoms with van der Waals surface area (Å²) in [5.74, 6) is 0.891. The molecule has 4 heteroatoms. The summed E-state index contributed by atoms with van der Waals surface area (Å²) in [6.07, 6.45) is 0.602. The van der Waals surface area contributed by atoms with E-state index in [9.17, 15) is 5.11 Å². The topological polar surface area (TPSA) is 50.7 Å². The highest BCUT2D eigenvalue weighted by atomic mass is 16.5. The zero-order valence-corrected chi connectivity index (χ0v) is 11.7. The van der Waals surface area contributed by atoms with Gasteiger partial charge in [-0.05, 0) is 31.5 Å². The van der Waals surface area contributed by atoms with Gasteiger partial charge in [0.2, 0.25) is 0 Å². The molecular weight excluding hydrogens is 242 g/mol. The first-order valence-corrected chi connectivity index (χ1v) is 6.90. The monoisotopic (exact) mass is 265 g/mol. The largest absolute Gasteiger partial charge is 0.494 e. The second-order valence-electron chi connectivity index (χ2n) is 5.05. The predicted octanol–water partition coefficient (Wildman–Crippen LogP) is 1.71. The Kier molecular flexibility index (Phi) is 4.80. The van der Waals surface area contributed by atoms with Crippen molar-refractivity contribution in [2.75, 3.05) is 19.8 Å². The van der Waals surface area contributed by atoms with Gasteiger partial charge in [-0.15, -0.1) is 0 Å². The molecule has 0 radical (unpaired) electrons. The highest BCUT2D eigenvalue weighted by Gasteiger charge is 2.38. The van der Waals surface area contributed by atoms with Crippen molar-refractivity contribution in [2.24, 2.45) is 0 Å². The predicted molar refractivity (Wildman–Crippen MR) is 74.3 cm³/mol. The molecule has 2 unspecified atom stereocenters. The molecular formula is C15H23NO3. The number of hydrogen-bond acceptors (Lipinski definition) is 4. The van der Waals surface area contributed by atoms with E-state index in [0.29, 0.717) is 26.2 Å². The first kappa shape index (κ1) is 14.3. The van der Waals surface area contributed by atoms with Crippen LogP contribution in [0.2, 0.25) is 0 Å². The molecule has 2 rings (SSSR count). The van der Waals surface area contributed by atoms with Crippen LogP contribution in [-0.4, -0.2) is 36.6 Å². The van der Waals surface area contributed by atoms with Gasteiger partial charge in [-0.25, -0.2) is 0 Å². The van der Waals surface area contributed by atoms with Crippen LogP contribution in [0.25, 0.3) is 0 Å². The van der Waals surface area contributed by atoms with E-state index in [1.54, 1.807) is 0 Å². The molecule has 0 amide bonds. The molecule has 1 fully saturated rings. The Balaban J connectivity index is 1.79. The van der Waals surface area contributed by atoms with Crippen LogP contribution in [0.4, 0.5) is 0 Å². The van der Waals surface area contributed by atoms with E-state index in [1.165, 1.54) is 5.56 Å². The normalized spacial score (nSPS) is 26.6. The van der Waals surface area contributed by atoms with Gasteiger partial charge in [0, 0.05) is 26.1 Å². The third-order valence-electron chi connectivity index (χ3n) is 3.65. The second-order valence-corrected chi connectivity index (χ2v) is 5.05. The number of hydrogen-bond donors (Lipinski definition) is 2. The summed E-state index contributed by atoms with van der Waals surface area (Å²) >= 11 is 0. The molecule has 0 bridgehead atoms. The third kappa shape index (κ3) is 3.69. The molecule has 1 aromatic carbocycles. The Morgan fingerprint density at radius 2 is 2.16 bits per heavy atom. The van der Waals surface area contributed by atoms with Crippen molar-refractivity contribution in [3.05, 3.63) is 29.8 Å². The van der Waals surface area contributed by atoms with Crippen molar-refractivity contribution < 1.29 is 14.6 Å². The van der Waals surface area contributed by atoms with Crippen molar-refractivity contribution >= 4 is 0 Å². The molecule has 2 atom stereocenters. The van der Waals surface area contributed by atoms with Crippen molar-refractivity contribution in [2.45, 2.75) is 38.5 Å². The molecule has 0 saturated carbocycles. The lowest BCUT2D eigenvalue weighted by Gasteiger charge is -2.26. The van der Waals surface area contributed by atoms with Crippen LogP contribution in [0.15, 0.2) is 24.3 Å². The minimum Gasteiger partial charge on any atom is -0.494 e. The Morgan fingerprint density at radius 1 is 1.42 bits per heavy atom. The molecule has 1 aliphatic heterocycles. The lowest BCUT2D eigenvalue weighted by atomic mass is 9.96. The fraction of sp³-hybridized carbons (Fsp3) is 0.600. The quantitative estimate of drug-likeness (QED) is 0.822. The smallest absolute Gasteiger partial charge is 0.119 e. The van der Waals surface area contributed by atoms with Gasteiger partial charge in [-0.2, -0.15) is 0 Å². The fourth-order valence-corrected chi connectivity index (χ4v) is 2.30. The first-order chi connectivity index (χ1) is 9.14. The van der Waals surface area contributed by atoms with E-state index in [0.717, 1.165) is 12.3 Å². The van der Waals surface area contributed by atoms with Crippen molar-refractivity contribution in [1.29, 1.82) is 0 Å². The van der Waals surface area contributed by atoms with Crippen molar-refractivity contribution in [1.82, 2.24) is 5.32 Å². The van der Waals surface area contributed by atoms with Gasteiger partial charge in [0.1, 0.15) is 11.4 Å². The molecule has 106 valence electrons. The summed E-state index contributed by atoms with van der Waals surface area (Å²) in [4.78, 5) is 0. The maximum Gasteiger partial charge on any atom is 0.119 e. The Labute approximate surface area is 114 Å². The van der Waals surface area contributed by atoms with E-state index in [-0.39, 0.29) is 6.10 Å².